The number of hydrogen-bond donors (Lipinski definition) is 0. The number of aromatic nitrogens is 1. The van der Waals surface area contributed by atoms with Gasteiger partial charge in [0.15, 0.2) is 6.20 Å². The first kappa shape index (κ1) is 10.4. The molecule has 0 radical (unpaired) electrons. The summed E-state index contributed by atoms with van der Waals surface area (Å²) in [5.74, 6) is -0.268. The molecule has 0 N–H and O–H groups in total. The van der Waals surface area contributed by atoms with E-state index in [4.69, 9.17) is 0 Å². The fourth-order valence-corrected chi connectivity index (χ4v) is 1.33. The number of nitrogens with zero attached hydrogens (tertiary/aromatic N) is 1. The van der Waals surface area contributed by atoms with Gasteiger partial charge in [-0.3, -0.25) is 0 Å². The molecule has 0 aliphatic heterocycles. The highest BCUT2D eigenvalue weighted by molar-refractivity contribution is 5.66. The van der Waals surface area contributed by atoms with Gasteiger partial charge in [-0.15, -0.1) is 0 Å². The summed E-state index contributed by atoms with van der Waals surface area (Å²) in [6, 6.07) is 11.3. The Kier molecular flexibility index (Phi) is 2.96. The Morgan fingerprint density at radius 2 is 1.75 bits per heavy atom. The summed E-state index contributed by atoms with van der Waals surface area (Å²) in [5.41, 5.74) is 1.40. The van der Waals surface area contributed by atoms with Crippen LogP contribution in [0.4, 0.5) is 4.39 Å². The fourth-order valence-electron chi connectivity index (χ4n) is 1.33. The summed E-state index contributed by atoms with van der Waals surface area (Å²) in [4.78, 5) is 0. The lowest BCUT2D eigenvalue weighted by molar-refractivity contribution is -0.607. The highest BCUT2D eigenvalue weighted by Crippen LogP contribution is 2.06. The van der Waals surface area contributed by atoms with Crippen LogP contribution in [0.15, 0.2) is 48.7 Å². The van der Waals surface area contributed by atoms with E-state index in [9.17, 15) is 9.60 Å². The number of rotatable bonds is 2. The van der Waals surface area contributed by atoms with Gasteiger partial charge in [0, 0.05) is 18.2 Å². The van der Waals surface area contributed by atoms with E-state index in [2.05, 4.69) is 0 Å². The normalized spacial score (nSPS) is 10.8. The first-order valence-corrected chi connectivity index (χ1v) is 4.87. The molecule has 0 amide bonds. The van der Waals surface area contributed by atoms with Gasteiger partial charge >= 0.3 is 0 Å². The van der Waals surface area contributed by atoms with Crippen molar-refractivity contribution >= 4 is 12.2 Å². The zero-order valence-electron chi connectivity index (χ0n) is 8.51. The molecule has 0 atom stereocenters. The average molecular weight is 215 g/mol. The quantitative estimate of drug-likeness (QED) is 0.558. The molecule has 0 aliphatic rings. The molecule has 1 aromatic heterocycles. The van der Waals surface area contributed by atoms with E-state index < -0.39 is 0 Å². The van der Waals surface area contributed by atoms with Gasteiger partial charge < -0.3 is 5.21 Å². The molecular weight excluding hydrogens is 205 g/mol. The Balaban J connectivity index is 2.21. The molecule has 80 valence electrons. The van der Waals surface area contributed by atoms with Crippen molar-refractivity contribution in [2.75, 3.05) is 0 Å². The summed E-state index contributed by atoms with van der Waals surface area (Å²) in [5, 5.41) is 11.3. The minimum atomic E-state index is -0.268. The highest BCUT2D eigenvalue weighted by Gasteiger charge is 1.97. The lowest BCUT2D eigenvalue weighted by Gasteiger charge is -1.98. The lowest BCUT2D eigenvalue weighted by Crippen LogP contribution is -2.28. The molecule has 2 nitrogen and oxygen atoms in total. The molecular formula is C13H10FNO. The molecule has 0 bridgehead atoms. The molecule has 0 saturated carbocycles. The molecule has 16 heavy (non-hydrogen) atoms. The summed E-state index contributed by atoms with van der Waals surface area (Å²) in [6.07, 6.45) is 4.90. The Morgan fingerprint density at radius 1 is 1.00 bits per heavy atom. The Hall–Kier alpha value is -2.16. The molecule has 1 heterocycles. The maximum absolute atomic E-state index is 12.6. The monoisotopic (exact) mass is 215 g/mol. The van der Waals surface area contributed by atoms with Crippen molar-refractivity contribution in [3.63, 3.8) is 0 Å². The molecule has 0 aliphatic carbocycles. The maximum Gasteiger partial charge on any atom is 0.216 e. The second-order valence-electron chi connectivity index (χ2n) is 3.34. The van der Waals surface area contributed by atoms with Crippen LogP contribution in [-0.2, 0) is 0 Å². The van der Waals surface area contributed by atoms with Crippen LogP contribution in [0, 0.1) is 11.0 Å². The van der Waals surface area contributed by atoms with Crippen LogP contribution < -0.4 is 4.73 Å². The van der Waals surface area contributed by atoms with Gasteiger partial charge in [-0.2, -0.15) is 4.73 Å². The van der Waals surface area contributed by atoms with Crippen LogP contribution in [0.2, 0.25) is 0 Å². The van der Waals surface area contributed by atoms with Crippen LogP contribution in [-0.4, -0.2) is 0 Å². The second-order valence-corrected chi connectivity index (χ2v) is 3.34. The highest BCUT2D eigenvalue weighted by atomic mass is 19.1. The first-order valence-electron chi connectivity index (χ1n) is 4.87. The predicted molar refractivity (Wildman–Crippen MR) is 60.7 cm³/mol. The van der Waals surface area contributed by atoms with Crippen molar-refractivity contribution in [2.24, 2.45) is 0 Å². The van der Waals surface area contributed by atoms with Crippen LogP contribution in [0.25, 0.3) is 12.2 Å². The van der Waals surface area contributed by atoms with Gasteiger partial charge in [-0.05, 0) is 29.8 Å². The number of benzene rings is 1. The van der Waals surface area contributed by atoms with Crippen LogP contribution in [0.1, 0.15) is 11.3 Å². The van der Waals surface area contributed by atoms with Gasteiger partial charge in [0.2, 0.25) is 5.69 Å². The van der Waals surface area contributed by atoms with Crippen LogP contribution in [0.5, 0.6) is 0 Å². The van der Waals surface area contributed by atoms with Gasteiger partial charge in [0.05, 0.1) is 0 Å². The van der Waals surface area contributed by atoms with E-state index in [-0.39, 0.29) is 5.82 Å². The molecule has 0 fully saturated rings. The molecule has 0 unspecified atom stereocenters. The molecule has 3 heteroatoms. The standard InChI is InChI=1S/C13H10FNO/c14-12-7-4-11(5-8-12)6-9-13-3-1-2-10-15(13)16/h1-10H/b9-6+. The third-order valence-electron chi connectivity index (χ3n) is 2.17. The number of hydrogen-bond acceptors (Lipinski definition) is 1. The van der Waals surface area contributed by atoms with Crippen molar-refractivity contribution in [2.45, 2.75) is 0 Å². The van der Waals surface area contributed by atoms with Crippen molar-refractivity contribution in [1.29, 1.82) is 0 Å². The van der Waals surface area contributed by atoms with Gasteiger partial charge in [0.1, 0.15) is 5.82 Å². The van der Waals surface area contributed by atoms with Gasteiger partial charge in [0.25, 0.3) is 0 Å². The average Bonchev–Trinajstić information content (AvgIpc) is 2.30. The van der Waals surface area contributed by atoms with Crippen molar-refractivity contribution in [3.05, 3.63) is 70.9 Å². The third-order valence-corrected chi connectivity index (χ3v) is 2.17. The fraction of sp³-hybridized carbons (Fsp3) is 0. The summed E-state index contributed by atoms with van der Waals surface area (Å²) >= 11 is 0. The molecule has 2 rings (SSSR count). The summed E-state index contributed by atoms with van der Waals surface area (Å²) in [6.45, 7) is 0. The van der Waals surface area contributed by atoms with E-state index in [0.29, 0.717) is 5.69 Å². The molecule has 2 aromatic rings. The van der Waals surface area contributed by atoms with Crippen LogP contribution >= 0.6 is 0 Å². The predicted octanol–water partition coefficient (Wildman–Crippen LogP) is 2.63. The van der Waals surface area contributed by atoms with E-state index in [1.807, 2.05) is 0 Å². The minimum absolute atomic E-state index is 0.268. The molecule has 1 aromatic carbocycles. The number of pyridine rings is 1. The van der Waals surface area contributed by atoms with Crippen molar-refractivity contribution < 1.29 is 9.12 Å². The van der Waals surface area contributed by atoms with Crippen molar-refractivity contribution in [3.8, 4) is 0 Å². The second kappa shape index (κ2) is 4.57. The van der Waals surface area contributed by atoms with Crippen molar-refractivity contribution in [1.82, 2.24) is 0 Å². The largest absolute Gasteiger partial charge is 0.618 e. The topological polar surface area (TPSA) is 26.9 Å². The Labute approximate surface area is 92.9 Å². The van der Waals surface area contributed by atoms with Crippen LogP contribution in [0.3, 0.4) is 0 Å². The zero-order valence-corrected chi connectivity index (χ0v) is 8.51. The lowest BCUT2D eigenvalue weighted by atomic mass is 10.2. The Bertz CT molecular complexity index is 506. The third kappa shape index (κ3) is 2.45. The van der Waals surface area contributed by atoms with E-state index in [1.54, 1.807) is 42.5 Å². The first-order chi connectivity index (χ1) is 7.75. The smallest absolute Gasteiger partial charge is 0.216 e. The van der Waals surface area contributed by atoms with Gasteiger partial charge in [-0.1, -0.05) is 12.1 Å². The maximum atomic E-state index is 12.6. The van der Waals surface area contributed by atoms with E-state index >= 15 is 0 Å². The number of halogens is 1. The zero-order chi connectivity index (χ0) is 11.4. The minimum Gasteiger partial charge on any atom is -0.618 e. The van der Waals surface area contributed by atoms with E-state index in [1.165, 1.54) is 18.3 Å². The SMILES string of the molecule is [O-][n+]1ccccc1/C=C/c1ccc(F)cc1. The summed E-state index contributed by atoms with van der Waals surface area (Å²) in [7, 11) is 0. The summed E-state index contributed by atoms with van der Waals surface area (Å²) < 4.78 is 13.4. The Morgan fingerprint density at radius 3 is 2.44 bits per heavy atom. The van der Waals surface area contributed by atoms with Gasteiger partial charge in [-0.25, -0.2) is 4.39 Å². The molecule has 0 spiro atoms. The van der Waals surface area contributed by atoms with E-state index in [0.717, 1.165) is 10.3 Å². The molecule has 0 saturated heterocycles.